The van der Waals surface area contributed by atoms with Crippen LogP contribution in [0.3, 0.4) is 0 Å². The van der Waals surface area contributed by atoms with Crippen LogP contribution in [0.15, 0.2) is 30.3 Å². The number of hydrogen-bond acceptors (Lipinski definition) is 8. The van der Waals surface area contributed by atoms with Crippen LogP contribution in [0.2, 0.25) is 0 Å². The van der Waals surface area contributed by atoms with Gasteiger partial charge in [0.1, 0.15) is 0 Å². The first-order valence-electron chi connectivity index (χ1n) is 13.4. The van der Waals surface area contributed by atoms with E-state index in [4.69, 9.17) is 19.0 Å². The maximum absolute atomic E-state index is 13.9. The fourth-order valence-corrected chi connectivity index (χ4v) is 6.60. The number of carbonyl (C=O) groups excluding carboxylic acids is 3. The molecule has 8 heteroatoms. The summed E-state index contributed by atoms with van der Waals surface area (Å²) < 4.78 is 16.3. The van der Waals surface area contributed by atoms with Gasteiger partial charge in [0.05, 0.1) is 32.8 Å². The van der Waals surface area contributed by atoms with Crippen LogP contribution in [0.1, 0.15) is 78.7 Å². The van der Waals surface area contributed by atoms with E-state index in [0.29, 0.717) is 5.56 Å². The van der Waals surface area contributed by atoms with Crippen molar-refractivity contribution in [2.45, 2.75) is 84.2 Å². The molecular formula is C29H43NO7. The number of nitrogens with zero attached hydrogens (tertiary/aromatic N) is 1. The molecule has 0 aromatic heterocycles. The van der Waals surface area contributed by atoms with Crippen molar-refractivity contribution in [3.8, 4) is 0 Å². The van der Waals surface area contributed by atoms with Crippen LogP contribution in [-0.2, 0) is 33.4 Å². The summed E-state index contributed by atoms with van der Waals surface area (Å²) in [7, 11) is 1.32. The third-order valence-corrected chi connectivity index (χ3v) is 8.05. The number of hydrogen-bond donors (Lipinski definition) is 0. The van der Waals surface area contributed by atoms with E-state index < -0.39 is 41.1 Å². The van der Waals surface area contributed by atoms with Crippen molar-refractivity contribution >= 4 is 17.9 Å². The van der Waals surface area contributed by atoms with Gasteiger partial charge in [-0.1, -0.05) is 30.3 Å². The molecule has 1 heterocycles. The highest BCUT2D eigenvalue weighted by atomic mass is 16.7. The maximum Gasteiger partial charge on any atom is 0.324 e. The minimum absolute atomic E-state index is 0.0569. The van der Waals surface area contributed by atoms with Gasteiger partial charge in [0.15, 0.2) is 5.41 Å². The molecule has 0 bridgehead atoms. The van der Waals surface area contributed by atoms with Crippen LogP contribution in [0.5, 0.6) is 0 Å². The number of esters is 3. The summed E-state index contributed by atoms with van der Waals surface area (Å²) in [6.45, 7) is 12.2. The average Bonchev–Trinajstić information content (AvgIpc) is 3.19. The summed E-state index contributed by atoms with van der Waals surface area (Å²) in [5.41, 5.74) is -1.56. The molecule has 1 aromatic carbocycles. The monoisotopic (exact) mass is 517 g/mol. The second-order valence-corrected chi connectivity index (χ2v) is 11.3. The fourth-order valence-electron chi connectivity index (χ4n) is 6.60. The Morgan fingerprint density at radius 1 is 0.919 bits per heavy atom. The molecule has 3 rings (SSSR count). The summed E-state index contributed by atoms with van der Waals surface area (Å²) in [4.78, 5) is 47.4. The van der Waals surface area contributed by atoms with Gasteiger partial charge in [0, 0.05) is 22.9 Å². The maximum atomic E-state index is 13.9. The van der Waals surface area contributed by atoms with E-state index in [0.717, 1.165) is 19.3 Å². The largest absolute Gasteiger partial charge is 0.469 e. The Labute approximate surface area is 220 Å². The Morgan fingerprint density at radius 3 is 1.95 bits per heavy atom. The van der Waals surface area contributed by atoms with Crippen LogP contribution in [0.25, 0.3) is 0 Å². The van der Waals surface area contributed by atoms with Crippen LogP contribution in [0, 0.1) is 17.3 Å². The van der Waals surface area contributed by atoms with E-state index in [9.17, 15) is 14.4 Å². The fraction of sp³-hybridized carbons (Fsp3) is 0.690. The molecule has 1 saturated heterocycles. The quantitative estimate of drug-likeness (QED) is 0.265. The van der Waals surface area contributed by atoms with Crippen molar-refractivity contribution in [2.75, 3.05) is 26.9 Å². The van der Waals surface area contributed by atoms with Gasteiger partial charge in [-0.25, -0.2) is 0 Å². The third-order valence-electron chi connectivity index (χ3n) is 8.05. The van der Waals surface area contributed by atoms with Gasteiger partial charge in [0.25, 0.3) is 0 Å². The predicted octanol–water partition coefficient (Wildman–Crippen LogP) is 4.67. The molecule has 1 aliphatic heterocycles. The Morgan fingerprint density at radius 2 is 1.46 bits per heavy atom. The van der Waals surface area contributed by atoms with Crippen molar-refractivity contribution in [1.29, 1.82) is 0 Å². The van der Waals surface area contributed by atoms with Gasteiger partial charge in [0.2, 0.25) is 0 Å². The lowest BCUT2D eigenvalue weighted by Crippen LogP contribution is -2.59. The number of methoxy groups -OCH3 is 1. The topological polar surface area (TPSA) is 91.4 Å². The number of rotatable bonds is 9. The summed E-state index contributed by atoms with van der Waals surface area (Å²) in [5, 5.41) is 2.01. The van der Waals surface area contributed by atoms with Crippen molar-refractivity contribution in [1.82, 2.24) is 5.06 Å². The van der Waals surface area contributed by atoms with Gasteiger partial charge in [-0.2, -0.15) is 5.06 Å². The Kier molecular flexibility index (Phi) is 9.06. The second-order valence-electron chi connectivity index (χ2n) is 11.3. The van der Waals surface area contributed by atoms with E-state index in [2.05, 4.69) is 27.7 Å². The van der Waals surface area contributed by atoms with Gasteiger partial charge in [-0.15, -0.1) is 0 Å². The molecule has 3 atom stereocenters. The zero-order valence-electron chi connectivity index (χ0n) is 23.4. The summed E-state index contributed by atoms with van der Waals surface area (Å²) in [5.74, 6) is -4.12. The number of benzene rings is 1. The Hall–Kier alpha value is -2.45. The highest BCUT2D eigenvalue weighted by Gasteiger charge is 2.68. The van der Waals surface area contributed by atoms with Crippen molar-refractivity contribution in [2.24, 2.45) is 17.3 Å². The van der Waals surface area contributed by atoms with Crippen molar-refractivity contribution in [3.63, 3.8) is 0 Å². The number of piperidine rings is 1. The van der Waals surface area contributed by atoms with E-state index in [1.165, 1.54) is 7.11 Å². The minimum Gasteiger partial charge on any atom is -0.469 e. The van der Waals surface area contributed by atoms with E-state index in [1.807, 2.05) is 35.4 Å². The van der Waals surface area contributed by atoms with Gasteiger partial charge in [-0.3, -0.25) is 19.2 Å². The average molecular weight is 518 g/mol. The van der Waals surface area contributed by atoms with E-state index in [1.54, 1.807) is 13.8 Å². The first kappa shape index (κ1) is 29.1. The van der Waals surface area contributed by atoms with Gasteiger partial charge in [-0.05, 0) is 72.8 Å². The first-order chi connectivity index (χ1) is 17.5. The molecule has 2 fully saturated rings. The van der Waals surface area contributed by atoms with Crippen LogP contribution in [-0.4, -0.2) is 61.0 Å². The normalized spacial score (nSPS) is 26.3. The molecule has 37 heavy (non-hydrogen) atoms. The number of carbonyl (C=O) groups is 3. The summed E-state index contributed by atoms with van der Waals surface area (Å²) >= 11 is 0. The SMILES string of the molecule is CCOC(=O)C1(C(=O)OCC)[C@@H](CON2C(C)(C)CCCC2(C)C)C[C@H](C(=O)OC)[C@H]1c1ccccc1. The smallest absolute Gasteiger partial charge is 0.324 e. The lowest BCUT2D eigenvalue weighted by atomic mass is 9.68. The molecule has 0 N–H and O–H groups in total. The lowest BCUT2D eigenvalue weighted by molar-refractivity contribution is -0.289. The Balaban J connectivity index is 2.15. The first-order valence-corrected chi connectivity index (χ1v) is 13.4. The van der Waals surface area contributed by atoms with E-state index in [-0.39, 0.29) is 37.3 Å². The molecule has 0 spiro atoms. The molecular weight excluding hydrogens is 474 g/mol. The van der Waals surface area contributed by atoms with Gasteiger partial charge >= 0.3 is 17.9 Å². The predicted molar refractivity (Wildman–Crippen MR) is 138 cm³/mol. The summed E-state index contributed by atoms with van der Waals surface area (Å²) in [6, 6.07) is 9.16. The molecule has 1 aromatic rings. The lowest BCUT2D eigenvalue weighted by Gasteiger charge is -2.51. The van der Waals surface area contributed by atoms with Crippen LogP contribution in [0.4, 0.5) is 0 Å². The standard InChI is InChI=1S/C29H43NO7/c1-8-35-25(32)29(26(33)36-9-2)21(19-37-30-27(3,4)16-13-17-28(30,5)6)18-22(24(31)34-7)23(29)20-14-11-10-12-15-20/h10-12,14-15,21-23H,8-9,13,16-19H2,1-7H3/t21-,22+,23-/m1/s1. The van der Waals surface area contributed by atoms with E-state index >= 15 is 0 Å². The van der Waals surface area contributed by atoms with Crippen LogP contribution < -0.4 is 0 Å². The highest BCUT2D eigenvalue weighted by Crippen LogP contribution is 2.58. The molecule has 0 radical (unpaired) electrons. The zero-order valence-corrected chi connectivity index (χ0v) is 23.4. The second kappa shape index (κ2) is 11.5. The van der Waals surface area contributed by atoms with Crippen LogP contribution >= 0.6 is 0 Å². The van der Waals surface area contributed by atoms with Crippen molar-refractivity contribution < 1.29 is 33.4 Å². The molecule has 1 saturated carbocycles. The molecule has 1 aliphatic carbocycles. The Bertz CT molecular complexity index is 924. The molecule has 8 nitrogen and oxygen atoms in total. The molecule has 2 aliphatic rings. The zero-order chi connectivity index (χ0) is 27.4. The molecule has 0 unspecified atom stereocenters. The number of hydroxylamine groups is 2. The third kappa shape index (κ3) is 5.41. The van der Waals surface area contributed by atoms with Crippen molar-refractivity contribution in [3.05, 3.63) is 35.9 Å². The molecule has 206 valence electrons. The molecule has 0 amide bonds. The van der Waals surface area contributed by atoms with Gasteiger partial charge < -0.3 is 14.2 Å². The highest BCUT2D eigenvalue weighted by molar-refractivity contribution is 6.03. The minimum atomic E-state index is -1.77. The number of ether oxygens (including phenoxy) is 3. The summed E-state index contributed by atoms with van der Waals surface area (Å²) in [6.07, 6.45) is 3.22.